The first-order valence-corrected chi connectivity index (χ1v) is 7.33. The molecule has 2 rings (SSSR count). The Hall–Kier alpha value is -1.04. The summed E-state index contributed by atoms with van der Waals surface area (Å²) in [4.78, 5) is 11.2. The third-order valence-electron chi connectivity index (χ3n) is 4.29. The SMILES string of the molecule is CC1(C)OB(C(CC(=O)O)c2ccc(Cl)cc2)OC1(C)C. The number of aliphatic carboxylic acids is 1. The number of carbonyl (C=O) groups is 1. The minimum atomic E-state index is -0.885. The Kier molecular flexibility index (Phi) is 4.38. The maximum absolute atomic E-state index is 11.2. The Balaban J connectivity index is 2.30. The third-order valence-corrected chi connectivity index (χ3v) is 4.54. The highest BCUT2D eigenvalue weighted by Crippen LogP contribution is 2.41. The number of halogens is 1. The van der Waals surface area contributed by atoms with Gasteiger partial charge in [0, 0.05) is 10.8 Å². The lowest BCUT2D eigenvalue weighted by Gasteiger charge is -2.32. The number of rotatable bonds is 4. The molecule has 1 N–H and O–H groups in total. The maximum atomic E-state index is 11.2. The number of benzene rings is 1. The molecule has 1 fully saturated rings. The molecule has 1 unspecified atom stereocenters. The van der Waals surface area contributed by atoms with Crippen LogP contribution in [0.25, 0.3) is 0 Å². The van der Waals surface area contributed by atoms with Gasteiger partial charge in [-0.15, -0.1) is 0 Å². The molecule has 0 saturated carbocycles. The van der Waals surface area contributed by atoms with Gasteiger partial charge in [0.15, 0.2) is 0 Å². The predicted octanol–water partition coefficient (Wildman–Crippen LogP) is 3.53. The molecule has 6 heteroatoms. The Bertz CT molecular complexity index is 511. The van der Waals surface area contributed by atoms with Crippen molar-refractivity contribution in [1.82, 2.24) is 0 Å². The summed E-state index contributed by atoms with van der Waals surface area (Å²) in [7, 11) is -0.590. The molecule has 1 aliphatic rings. The van der Waals surface area contributed by atoms with Crippen LogP contribution in [-0.4, -0.2) is 29.4 Å². The molecule has 1 saturated heterocycles. The Labute approximate surface area is 130 Å². The van der Waals surface area contributed by atoms with E-state index in [-0.39, 0.29) is 12.2 Å². The molecular formula is C15H20BClO4. The molecule has 0 radical (unpaired) electrons. The molecular weight excluding hydrogens is 290 g/mol. The first-order valence-electron chi connectivity index (χ1n) is 6.95. The minimum Gasteiger partial charge on any atom is -0.481 e. The van der Waals surface area contributed by atoms with Crippen LogP contribution in [0.1, 0.15) is 45.5 Å². The normalized spacial score (nSPS) is 21.3. The Morgan fingerprint density at radius 1 is 1.19 bits per heavy atom. The van der Waals surface area contributed by atoms with Gasteiger partial charge in [0.1, 0.15) is 0 Å². The topological polar surface area (TPSA) is 55.8 Å². The van der Waals surface area contributed by atoms with Crippen molar-refractivity contribution in [1.29, 1.82) is 0 Å². The van der Waals surface area contributed by atoms with Crippen molar-refractivity contribution in [3.63, 3.8) is 0 Å². The highest BCUT2D eigenvalue weighted by molar-refractivity contribution is 6.48. The van der Waals surface area contributed by atoms with Crippen LogP contribution in [0.2, 0.25) is 5.02 Å². The van der Waals surface area contributed by atoms with Gasteiger partial charge in [0.05, 0.1) is 17.6 Å². The van der Waals surface area contributed by atoms with Gasteiger partial charge in [0.2, 0.25) is 0 Å². The molecule has 1 aromatic carbocycles. The van der Waals surface area contributed by atoms with Gasteiger partial charge in [-0.05, 0) is 45.4 Å². The zero-order chi connectivity index (χ0) is 15.8. The quantitative estimate of drug-likeness (QED) is 0.864. The zero-order valence-corrected chi connectivity index (χ0v) is 13.5. The average molecular weight is 311 g/mol. The Morgan fingerprint density at radius 3 is 2.10 bits per heavy atom. The van der Waals surface area contributed by atoms with Crippen LogP contribution in [0.3, 0.4) is 0 Å². The van der Waals surface area contributed by atoms with E-state index in [2.05, 4.69) is 0 Å². The van der Waals surface area contributed by atoms with Crippen molar-refractivity contribution in [3.8, 4) is 0 Å². The second-order valence-electron chi connectivity index (χ2n) is 6.38. The minimum absolute atomic E-state index is 0.0571. The molecule has 21 heavy (non-hydrogen) atoms. The summed E-state index contributed by atoms with van der Waals surface area (Å²) in [5.41, 5.74) is -0.123. The van der Waals surface area contributed by atoms with Crippen molar-refractivity contribution in [2.75, 3.05) is 0 Å². The van der Waals surface area contributed by atoms with Crippen molar-refractivity contribution in [2.24, 2.45) is 0 Å². The Morgan fingerprint density at radius 2 is 1.67 bits per heavy atom. The average Bonchev–Trinajstić information content (AvgIpc) is 2.56. The smallest absolute Gasteiger partial charge is 0.466 e. The standard InChI is InChI=1S/C15H20BClO4/c1-14(2)15(3,4)21-16(20-14)12(9-13(18)19)10-5-7-11(17)8-6-10/h5-8,12H,9H2,1-4H3,(H,18,19). The molecule has 0 bridgehead atoms. The van der Waals surface area contributed by atoms with Gasteiger partial charge in [0.25, 0.3) is 0 Å². The van der Waals surface area contributed by atoms with Crippen molar-refractivity contribution in [2.45, 2.75) is 51.1 Å². The second-order valence-corrected chi connectivity index (χ2v) is 6.82. The van der Waals surface area contributed by atoms with E-state index >= 15 is 0 Å². The second kappa shape index (κ2) is 5.63. The molecule has 4 nitrogen and oxygen atoms in total. The molecule has 0 aromatic heterocycles. The molecule has 114 valence electrons. The molecule has 1 aromatic rings. The van der Waals surface area contributed by atoms with E-state index in [1.165, 1.54) is 0 Å². The monoisotopic (exact) mass is 310 g/mol. The van der Waals surface area contributed by atoms with E-state index in [0.29, 0.717) is 5.02 Å². The number of carboxylic acids is 1. The fourth-order valence-electron chi connectivity index (χ4n) is 2.32. The number of carboxylic acid groups (broad SMARTS) is 1. The lowest BCUT2D eigenvalue weighted by molar-refractivity contribution is -0.137. The van der Waals surface area contributed by atoms with Gasteiger partial charge in [-0.25, -0.2) is 0 Å². The fraction of sp³-hybridized carbons (Fsp3) is 0.533. The fourth-order valence-corrected chi connectivity index (χ4v) is 2.45. The molecule has 0 spiro atoms. The molecule has 0 amide bonds. The highest BCUT2D eigenvalue weighted by Gasteiger charge is 2.54. The van der Waals surface area contributed by atoms with E-state index in [0.717, 1.165) is 5.56 Å². The van der Waals surface area contributed by atoms with Gasteiger partial charge < -0.3 is 14.4 Å². The van der Waals surface area contributed by atoms with E-state index in [1.807, 2.05) is 39.8 Å². The predicted molar refractivity (Wildman–Crippen MR) is 82.5 cm³/mol. The first kappa shape index (κ1) is 16.3. The van der Waals surface area contributed by atoms with Crippen LogP contribution in [0.4, 0.5) is 0 Å². The van der Waals surface area contributed by atoms with Crippen LogP contribution in [0.15, 0.2) is 24.3 Å². The summed E-state index contributed by atoms with van der Waals surface area (Å²) in [6.45, 7) is 7.80. The number of hydrogen-bond donors (Lipinski definition) is 1. The first-order chi connectivity index (χ1) is 9.62. The summed E-state index contributed by atoms with van der Waals surface area (Å²) in [5, 5.41) is 9.80. The van der Waals surface area contributed by atoms with E-state index in [4.69, 9.17) is 20.9 Å². The van der Waals surface area contributed by atoms with Crippen molar-refractivity contribution in [3.05, 3.63) is 34.9 Å². The van der Waals surface area contributed by atoms with Gasteiger partial charge >= 0.3 is 13.1 Å². The summed E-state index contributed by atoms with van der Waals surface area (Å²) < 4.78 is 12.0. The van der Waals surface area contributed by atoms with Gasteiger partial charge in [-0.1, -0.05) is 23.7 Å². The van der Waals surface area contributed by atoms with Crippen molar-refractivity contribution >= 4 is 24.7 Å². The van der Waals surface area contributed by atoms with Crippen LogP contribution in [0.5, 0.6) is 0 Å². The summed E-state index contributed by atoms with van der Waals surface area (Å²) in [6.07, 6.45) is -0.0571. The molecule has 0 aliphatic carbocycles. The third kappa shape index (κ3) is 3.42. The molecule has 1 atom stereocenters. The van der Waals surface area contributed by atoms with Crippen LogP contribution in [-0.2, 0) is 14.1 Å². The number of hydrogen-bond acceptors (Lipinski definition) is 3. The zero-order valence-electron chi connectivity index (χ0n) is 12.7. The summed E-state index contributed by atoms with van der Waals surface area (Å²) in [6, 6.07) is 7.13. The molecule has 1 aliphatic heterocycles. The maximum Gasteiger partial charge on any atom is 0.466 e. The largest absolute Gasteiger partial charge is 0.481 e. The van der Waals surface area contributed by atoms with Crippen LogP contribution >= 0.6 is 11.6 Å². The van der Waals surface area contributed by atoms with Crippen LogP contribution in [0, 0.1) is 0 Å². The lowest BCUT2D eigenvalue weighted by atomic mass is 9.66. The van der Waals surface area contributed by atoms with E-state index in [1.54, 1.807) is 12.1 Å². The highest BCUT2D eigenvalue weighted by atomic mass is 35.5. The molecule has 1 heterocycles. The van der Waals surface area contributed by atoms with E-state index in [9.17, 15) is 9.90 Å². The van der Waals surface area contributed by atoms with Gasteiger partial charge in [-0.2, -0.15) is 0 Å². The lowest BCUT2D eigenvalue weighted by Crippen LogP contribution is -2.41. The summed E-state index contributed by atoms with van der Waals surface area (Å²) >= 11 is 5.89. The van der Waals surface area contributed by atoms with Crippen LogP contribution < -0.4 is 0 Å². The summed E-state index contributed by atoms with van der Waals surface area (Å²) in [5.74, 6) is -1.26. The van der Waals surface area contributed by atoms with E-state index < -0.39 is 24.3 Å². The van der Waals surface area contributed by atoms with Gasteiger partial charge in [-0.3, -0.25) is 4.79 Å². The van der Waals surface area contributed by atoms with Crippen molar-refractivity contribution < 1.29 is 19.2 Å².